The molecule has 2 aromatic rings. The number of rotatable bonds is 5. The number of nitrogens with zero attached hydrogens (tertiary/aromatic N) is 1. The zero-order valence-electron chi connectivity index (χ0n) is 11.8. The molecule has 20 heavy (non-hydrogen) atoms. The summed E-state index contributed by atoms with van der Waals surface area (Å²) in [4.78, 5) is 3.88. The molecule has 0 aliphatic heterocycles. The van der Waals surface area contributed by atoms with Crippen molar-refractivity contribution in [3.05, 3.63) is 65.2 Å². The van der Waals surface area contributed by atoms with Gasteiger partial charge >= 0.3 is 0 Å². The standard InChI is InChI=1S/C16H20FN3/c1-11(2)6-12-4-3-5-13(7-12)16(20-18)14-8-15(17)10-19-9-14/h3-5,7-11,16,20H,6,18H2,1-2H3. The molecule has 0 saturated heterocycles. The van der Waals surface area contributed by atoms with Gasteiger partial charge in [0.2, 0.25) is 0 Å². The fourth-order valence-electron chi connectivity index (χ4n) is 2.34. The number of benzene rings is 1. The lowest BCUT2D eigenvalue weighted by Crippen LogP contribution is -2.29. The summed E-state index contributed by atoms with van der Waals surface area (Å²) in [7, 11) is 0. The van der Waals surface area contributed by atoms with Gasteiger partial charge in [-0.3, -0.25) is 10.8 Å². The van der Waals surface area contributed by atoms with Gasteiger partial charge in [0, 0.05) is 6.20 Å². The highest BCUT2D eigenvalue weighted by Gasteiger charge is 2.14. The van der Waals surface area contributed by atoms with Crippen molar-refractivity contribution in [1.82, 2.24) is 10.4 Å². The van der Waals surface area contributed by atoms with Crippen LogP contribution in [-0.4, -0.2) is 4.98 Å². The van der Waals surface area contributed by atoms with E-state index >= 15 is 0 Å². The lowest BCUT2D eigenvalue weighted by molar-refractivity contribution is 0.596. The van der Waals surface area contributed by atoms with Gasteiger partial charge in [0.15, 0.2) is 0 Å². The Morgan fingerprint density at radius 1 is 1.20 bits per heavy atom. The Labute approximate surface area is 119 Å². The number of halogens is 1. The summed E-state index contributed by atoms with van der Waals surface area (Å²) < 4.78 is 13.3. The molecule has 0 aliphatic rings. The Balaban J connectivity index is 2.32. The van der Waals surface area contributed by atoms with Crippen LogP contribution in [0.25, 0.3) is 0 Å². The minimum Gasteiger partial charge on any atom is -0.271 e. The molecule has 0 aliphatic carbocycles. The molecule has 1 atom stereocenters. The van der Waals surface area contributed by atoms with E-state index in [0.29, 0.717) is 11.5 Å². The third-order valence-corrected chi connectivity index (χ3v) is 3.15. The molecule has 2 rings (SSSR count). The summed E-state index contributed by atoms with van der Waals surface area (Å²) in [6.45, 7) is 4.36. The second-order valence-electron chi connectivity index (χ2n) is 5.38. The first-order chi connectivity index (χ1) is 9.60. The van der Waals surface area contributed by atoms with E-state index in [0.717, 1.165) is 12.0 Å². The Hall–Kier alpha value is -1.78. The van der Waals surface area contributed by atoms with Crippen LogP contribution in [0.2, 0.25) is 0 Å². The van der Waals surface area contributed by atoms with Crippen molar-refractivity contribution in [2.24, 2.45) is 11.8 Å². The average Bonchev–Trinajstić information content (AvgIpc) is 2.39. The summed E-state index contributed by atoms with van der Waals surface area (Å²) >= 11 is 0. The monoisotopic (exact) mass is 273 g/mol. The summed E-state index contributed by atoms with van der Waals surface area (Å²) in [6, 6.07) is 9.39. The second kappa shape index (κ2) is 6.59. The zero-order valence-corrected chi connectivity index (χ0v) is 11.8. The zero-order chi connectivity index (χ0) is 14.5. The molecule has 0 spiro atoms. The van der Waals surface area contributed by atoms with Crippen LogP contribution >= 0.6 is 0 Å². The van der Waals surface area contributed by atoms with E-state index in [9.17, 15) is 4.39 Å². The highest BCUT2D eigenvalue weighted by atomic mass is 19.1. The Morgan fingerprint density at radius 2 is 2.00 bits per heavy atom. The molecule has 0 saturated carbocycles. The number of pyridine rings is 1. The first-order valence-electron chi connectivity index (χ1n) is 6.75. The van der Waals surface area contributed by atoms with E-state index in [1.807, 2.05) is 12.1 Å². The van der Waals surface area contributed by atoms with E-state index in [4.69, 9.17) is 5.84 Å². The number of nitrogens with one attached hydrogen (secondary N) is 1. The van der Waals surface area contributed by atoms with Gasteiger partial charge in [-0.2, -0.15) is 0 Å². The fraction of sp³-hybridized carbons (Fsp3) is 0.312. The molecular weight excluding hydrogens is 253 g/mol. The summed E-state index contributed by atoms with van der Waals surface area (Å²) in [5.74, 6) is 5.87. The molecule has 0 fully saturated rings. The minimum atomic E-state index is -0.360. The first-order valence-corrected chi connectivity index (χ1v) is 6.75. The Morgan fingerprint density at radius 3 is 2.65 bits per heavy atom. The van der Waals surface area contributed by atoms with Crippen molar-refractivity contribution < 1.29 is 4.39 Å². The van der Waals surface area contributed by atoms with Gasteiger partial charge < -0.3 is 0 Å². The van der Waals surface area contributed by atoms with Gasteiger partial charge in [-0.25, -0.2) is 9.82 Å². The van der Waals surface area contributed by atoms with Gasteiger partial charge in [0.1, 0.15) is 5.82 Å². The Kier molecular flexibility index (Phi) is 4.82. The SMILES string of the molecule is CC(C)Cc1cccc(C(NN)c2cncc(F)c2)c1. The normalized spacial score (nSPS) is 12.7. The van der Waals surface area contributed by atoms with Crippen molar-refractivity contribution in [3.63, 3.8) is 0 Å². The van der Waals surface area contributed by atoms with Gasteiger partial charge in [0.05, 0.1) is 12.2 Å². The van der Waals surface area contributed by atoms with Crippen molar-refractivity contribution in [1.29, 1.82) is 0 Å². The van der Waals surface area contributed by atoms with E-state index in [1.54, 1.807) is 6.20 Å². The van der Waals surface area contributed by atoms with E-state index in [1.165, 1.54) is 17.8 Å². The van der Waals surface area contributed by atoms with Gasteiger partial charge in [-0.05, 0) is 35.1 Å². The molecule has 4 heteroatoms. The summed E-state index contributed by atoms with van der Waals surface area (Å²) in [5.41, 5.74) is 5.72. The van der Waals surface area contributed by atoms with Crippen molar-refractivity contribution in [2.75, 3.05) is 0 Å². The lowest BCUT2D eigenvalue weighted by Gasteiger charge is -2.18. The molecular formula is C16H20FN3. The summed E-state index contributed by atoms with van der Waals surface area (Å²) in [6.07, 6.45) is 3.82. The topological polar surface area (TPSA) is 50.9 Å². The van der Waals surface area contributed by atoms with Gasteiger partial charge in [-0.1, -0.05) is 38.1 Å². The van der Waals surface area contributed by atoms with E-state index < -0.39 is 0 Å². The maximum absolute atomic E-state index is 13.3. The smallest absolute Gasteiger partial charge is 0.141 e. The Bertz CT molecular complexity index is 569. The van der Waals surface area contributed by atoms with E-state index in [2.05, 4.69) is 36.4 Å². The number of aromatic nitrogens is 1. The molecule has 0 bridgehead atoms. The highest BCUT2D eigenvalue weighted by Crippen LogP contribution is 2.23. The van der Waals surface area contributed by atoms with Gasteiger partial charge in [-0.15, -0.1) is 0 Å². The maximum Gasteiger partial charge on any atom is 0.141 e. The van der Waals surface area contributed by atoms with Crippen LogP contribution in [-0.2, 0) is 6.42 Å². The van der Waals surface area contributed by atoms with E-state index in [-0.39, 0.29) is 11.9 Å². The molecule has 1 aromatic carbocycles. The van der Waals surface area contributed by atoms with Gasteiger partial charge in [0.25, 0.3) is 0 Å². The fourth-order valence-corrected chi connectivity index (χ4v) is 2.34. The quantitative estimate of drug-likeness (QED) is 0.650. The molecule has 3 nitrogen and oxygen atoms in total. The molecule has 3 N–H and O–H groups in total. The molecule has 106 valence electrons. The number of nitrogens with two attached hydrogens (primary N) is 1. The minimum absolute atomic E-state index is 0.259. The molecule has 1 heterocycles. The van der Waals surface area contributed by atoms with Crippen LogP contribution in [0.3, 0.4) is 0 Å². The maximum atomic E-state index is 13.3. The lowest BCUT2D eigenvalue weighted by atomic mass is 9.95. The molecule has 1 unspecified atom stereocenters. The van der Waals surface area contributed by atoms with Crippen molar-refractivity contribution in [2.45, 2.75) is 26.3 Å². The van der Waals surface area contributed by atoms with Crippen LogP contribution < -0.4 is 11.3 Å². The molecule has 1 aromatic heterocycles. The first kappa shape index (κ1) is 14.6. The van der Waals surface area contributed by atoms with Crippen LogP contribution in [0, 0.1) is 11.7 Å². The largest absolute Gasteiger partial charge is 0.271 e. The third-order valence-electron chi connectivity index (χ3n) is 3.15. The van der Waals surface area contributed by atoms with Crippen LogP contribution in [0.15, 0.2) is 42.7 Å². The van der Waals surface area contributed by atoms with Crippen LogP contribution in [0.5, 0.6) is 0 Å². The van der Waals surface area contributed by atoms with Crippen LogP contribution in [0.1, 0.15) is 36.6 Å². The van der Waals surface area contributed by atoms with Crippen molar-refractivity contribution >= 4 is 0 Å². The predicted octanol–water partition coefficient (Wildman–Crippen LogP) is 2.97. The highest BCUT2D eigenvalue weighted by molar-refractivity contribution is 5.33. The van der Waals surface area contributed by atoms with Crippen LogP contribution in [0.4, 0.5) is 4.39 Å². The predicted molar refractivity (Wildman–Crippen MR) is 78.3 cm³/mol. The summed E-state index contributed by atoms with van der Waals surface area (Å²) in [5, 5.41) is 0. The number of hydrazine groups is 1. The second-order valence-corrected chi connectivity index (χ2v) is 5.38. The number of hydrogen-bond acceptors (Lipinski definition) is 3. The third kappa shape index (κ3) is 3.62. The average molecular weight is 273 g/mol. The van der Waals surface area contributed by atoms with Crippen molar-refractivity contribution in [3.8, 4) is 0 Å². The number of hydrogen-bond donors (Lipinski definition) is 2. The molecule has 0 amide bonds. The molecule has 0 radical (unpaired) electrons.